The Hall–Kier alpha value is -2.29. The highest BCUT2D eigenvalue weighted by molar-refractivity contribution is 5.94. The molecule has 0 fully saturated rings. The van der Waals surface area contributed by atoms with Gasteiger partial charge in [0.05, 0.1) is 12.6 Å². The molecule has 2 aromatic rings. The molecule has 3 nitrogen and oxygen atoms in total. The van der Waals surface area contributed by atoms with E-state index in [4.69, 9.17) is 4.74 Å². The first-order valence-corrected chi connectivity index (χ1v) is 8.18. The maximum absolute atomic E-state index is 12.5. The minimum absolute atomic E-state index is 0.0234. The predicted octanol–water partition coefficient (Wildman–Crippen LogP) is 4.60. The third-order valence-electron chi connectivity index (χ3n) is 3.64. The standard InChI is InChI=1S/C20H25NO2/c1-4-23-18-12-10-17(11-13-18)20(22)21-19(14-15(2)3)16-8-6-5-7-9-16/h5-13,15,19H,4,14H2,1-3H3,(H,21,22). The average Bonchev–Trinajstić information content (AvgIpc) is 2.55. The molecule has 0 radical (unpaired) electrons. The van der Waals surface area contributed by atoms with Crippen molar-refractivity contribution < 1.29 is 9.53 Å². The van der Waals surface area contributed by atoms with Gasteiger partial charge in [-0.3, -0.25) is 4.79 Å². The van der Waals surface area contributed by atoms with Crippen molar-refractivity contribution in [2.75, 3.05) is 6.61 Å². The van der Waals surface area contributed by atoms with E-state index < -0.39 is 0 Å². The first-order chi connectivity index (χ1) is 11.1. The number of carbonyl (C=O) groups is 1. The van der Waals surface area contributed by atoms with Crippen LogP contribution in [0.3, 0.4) is 0 Å². The minimum Gasteiger partial charge on any atom is -0.494 e. The second kappa shape index (κ2) is 8.37. The Bertz CT molecular complexity index is 605. The van der Waals surface area contributed by atoms with Crippen molar-refractivity contribution in [1.82, 2.24) is 5.32 Å². The molecule has 0 aliphatic carbocycles. The fraction of sp³-hybridized carbons (Fsp3) is 0.350. The highest BCUT2D eigenvalue weighted by atomic mass is 16.5. The summed E-state index contributed by atoms with van der Waals surface area (Å²) in [4.78, 5) is 12.5. The molecule has 0 spiro atoms. The Balaban J connectivity index is 2.10. The number of amides is 1. The summed E-state index contributed by atoms with van der Waals surface area (Å²) in [6, 6.07) is 17.4. The zero-order valence-electron chi connectivity index (χ0n) is 14.1. The van der Waals surface area contributed by atoms with E-state index in [0.717, 1.165) is 17.7 Å². The molecule has 3 heteroatoms. The van der Waals surface area contributed by atoms with Crippen LogP contribution in [0.4, 0.5) is 0 Å². The summed E-state index contributed by atoms with van der Waals surface area (Å²) < 4.78 is 5.41. The average molecular weight is 311 g/mol. The van der Waals surface area contributed by atoms with Crippen LogP contribution in [0.1, 0.15) is 49.2 Å². The van der Waals surface area contributed by atoms with Crippen molar-refractivity contribution >= 4 is 5.91 Å². The van der Waals surface area contributed by atoms with Gasteiger partial charge in [-0.25, -0.2) is 0 Å². The maximum Gasteiger partial charge on any atom is 0.251 e. The molecule has 2 aromatic carbocycles. The lowest BCUT2D eigenvalue weighted by Crippen LogP contribution is -2.29. The van der Waals surface area contributed by atoms with Crippen LogP contribution >= 0.6 is 0 Å². The van der Waals surface area contributed by atoms with Crippen LogP contribution < -0.4 is 10.1 Å². The number of hydrogen-bond donors (Lipinski definition) is 1. The van der Waals surface area contributed by atoms with E-state index in [9.17, 15) is 4.79 Å². The predicted molar refractivity (Wildman–Crippen MR) is 93.7 cm³/mol. The second-order valence-electron chi connectivity index (χ2n) is 6.02. The van der Waals surface area contributed by atoms with Gasteiger partial charge in [-0.05, 0) is 49.1 Å². The van der Waals surface area contributed by atoms with Crippen LogP contribution in [0.15, 0.2) is 54.6 Å². The van der Waals surface area contributed by atoms with Crippen LogP contribution in [-0.2, 0) is 0 Å². The lowest BCUT2D eigenvalue weighted by Gasteiger charge is -2.21. The lowest BCUT2D eigenvalue weighted by molar-refractivity contribution is 0.0932. The molecule has 1 unspecified atom stereocenters. The van der Waals surface area contributed by atoms with Crippen molar-refractivity contribution in [2.24, 2.45) is 5.92 Å². The van der Waals surface area contributed by atoms with Crippen molar-refractivity contribution in [3.8, 4) is 5.75 Å². The van der Waals surface area contributed by atoms with Crippen LogP contribution in [0.5, 0.6) is 5.75 Å². The van der Waals surface area contributed by atoms with Crippen molar-refractivity contribution in [3.05, 3.63) is 65.7 Å². The van der Waals surface area contributed by atoms with Gasteiger partial charge in [0, 0.05) is 5.56 Å². The molecule has 0 saturated heterocycles. The van der Waals surface area contributed by atoms with Crippen molar-refractivity contribution in [2.45, 2.75) is 33.2 Å². The van der Waals surface area contributed by atoms with Gasteiger partial charge in [-0.2, -0.15) is 0 Å². The van der Waals surface area contributed by atoms with Gasteiger partial charge in [0.15, 0.2) is 0 Å². The largest absolute Gasteiger partial charge is 0.494 e. The summed E-state index contributed by atoms with van der Waals surface area (Å²) in [5.74, 6) is 1.23. The molecular formula is C20H25NO2. The third kappa shape index (κ3) is 5.13. The number of hydrogen-bond acceptors (Lipinski definition) is 2. The van der Waals surface area contributed by atoms with Crippen LogP contribution in [0.25, 0.3) is 0 Å². The van der Waals surface area contributed by atoms with E-state index in [1.807, 2.05) is 37.3 Å². The molecule has 0 aliphatic rings. The summed E-state index contributed by atoms with van der Waals surface area (Å²) in [7, 11) is 0. The SMILES string of the molecule is CCOc1ccc(C(=O)NC(CC(C)C)c2ccccc2)cc1. The van der Waals surface area contributed by atoms with Crippen LogP contribution in [0, 0.1) is 5.92 Å². The molecule has 122 valence electrons. The van der Waals surface area contributed by atoms with Gasteiger partial charge < -0.3 is 10.1 Å². The molecule has 1 atom stereocenters. The van der Waals surface area contributed by atoms with Gasteiger partial charge in [0.1, 0.15) is 5.75 Å². The molecule has 0 bridgehead atoms. The summed E-state index contributed by atoms with van der Waals surface area (Å²) in [6.07, 6.45) is 0.910. The Morgan fingerprint density at radius 2 is 1.70 bits per heavy atom. The Labute approximate surface area is 138 Å². The van der Waals surface area contributed by atoms with E-state index >= 15 is 0 Å². The fourth-order valence-corrected chi connectivity index (χ4v) is 2.55. The summed E-state index contributed by atoms with van der Waals surface area (Å²) >= 11 is 0. The van der Waals surface area contributed by atoms with Crippen molar-refractivity contribution in [1.29, 1.82) is 0 Å². The molecule has 0 heterocycles. The maximum atomic E-state index is 12.5. The molecule has 0 aromatic heterocycles. The summed E-state index contributed by atoms with van der Waals surface area (Å²) in [5, 5.41) is 3.15. The lowest BCUT2D eigenvalue weighted by atomic mass is 9.96. The molecule has 0 aliphatic heterocycles. The van der Waals surface area contributed by atoms with Gasteiger partial charge in [-0.1, -0.05) is 44.2 Å². The van der Waals surface area contributed by atoms with Gasteiger partial charge in [-0.15, -0.1) is 0 Å². The molecule has 0 saturated carbocycles. The first kappa shape index (κ1) is 17.1. The second-order valence-corrected chi connectivity index (χ2v) is 6.02. The number of ether oxygens (including phenoxy) is 1. The van der Waals surface area contributed by atoms with Gasteiger partial charge in [0.2, 0.25) is 0 Å². The Morgan fingerprint density at radius 3 is 2.26 bits per heavy atom. The first-order valence-electron chi connectivity index (χ1n) is 8.18. The zero-order chi connectivity index (χ0) is 16.7. The van der Waals surface area contributed by atoms with E-state index in [1.54, 1.807) is 12.1 Å². The zero-order valence-corrected chi connectivity index (χ0v) is 14.1. The number of nitrogens with one attached hydrogen (secondary N) is 1. The quantitative estimate of drug-likeness (QED) is 0.811. The Kier molecular flexibility index (Phi) is 6.21. The summed E-state index contributed by atoms with van der Waals surface area (Å²) in [5.41, 5.74) is 1.79. The number of rotatable bonds is 7. The normalized spacial score (nSPS) is 12.0. The monoisotopic (exact) mass is 311 g/mol. The topological polar surface area (TPSA) is 38.3 Å². The van der Waals surface area contributed by atoms with Crippen molar-refractivity contribution in [3.63, 3.8) is 0 Å². The molecule has 1 amide bonds. The molecule has 1 N–H and O–H groups in total. The third-order valence-corrected chi connectivity index (χ3v) is 3.64. The van der Waals surface area contributed by atoms with E-state index in [-0.39, 0.29) is 11.9 Å². The molecule has 23 heavy (non-hydrogen) atoms. The number of carbonyl (C=O) groups excluding carboxylic acids is 1. The highest BCUT2D eigenvalue weighted by Crippen LogP contribution is 2.22. The van der Waals surface area contributed by atoms with E-state index in [2.05, 4.69) is 31.3 Å². The fourth-order valence-electron chi connectivity index (χ4n) is 2.55. The van der Waals surface area contributed by atoms with E-state index in [1.165, 1.54) is 0 Å². The van der Waals surface area contributed by atoms with Crippen LogP contribution in [0.2, 0.25) is 0 Å². The number of benzene rings is 2. The van der Waals surface area contributed by atoms with Crippen LogP contribution in [-0.4, -0.2) is 12.5 Å². The minimum atomic E-state index is -0.0532. The van der Waals surface area contributed by atoms with Gasteiger partial charge in [0.25, 0.3) is 5.91 Å². The Morgan fingerprint density at radius 1 is 1.04 bits per heavy atom. The van der Waals surface area contributed by atoms with E-state index in [0.29, 0.717) is 18.1 Å². The molecular weight excluding hydrogens is 286 g/mol. The molecule has 2 rings (SSSR count). The highest BCUT2D eigenvalue weighted by Gasteiger charge is 2.17. The smallest absolute Gasteiger partial charge is 0.251 e. The van der Waals surface area contributed by atoms with Gasteiger partial charge >= 0.3 is 0 Å². The summed E-state index contributed by atoms with van der Waals surface area (Å²) in [6.45, 7) is 6.89.